The van der Waals surface area contributed by atoms with Gasteiger partial charge in [0, 0.05) is 57.2 Å². The summed E-state index contributed by atoms with van der Waals surface area (Å²) in [4.78, 5) is 25.3. The first-order chi connectivity index (χ1) is 14.0. The maximum absolute atomic E-state index is 11.8. The monoisotopic (exact) mass is 393 g/mol. The fraction of sp³-hybridized carbons (Fsp3) is 0.409. The van der Waals surface area contributed by atoms with Crippen molar-refractivity contribution in [3.8, 4) is 5.88 Å². The quantitative estimate of drug-likeness (QED) is 0.664. The molecule has 1 saturated heterocycles. The van der Waals surface area contributed by atoms with E-state index < -0.39 is 0 Å². The normalized spacial score (nSPS) is 15.2. The van der Waals surface area contributed by atoms with E-state index in [0.29, 0.717) is 5.88 Å². The van der Waals surface area contributed by atoms with E-state index in [1.54, 1.807) is 17.0 Å². The van der Waals surface area contributed by atoms with E-state index in [1.807, 2.05) is 39.1 Å². The molecular weight excluding hydrogens is 366 g/mol. The zero-order chi connectivity index (χ0) is 20.4. The van der Waals surface area contributed by atoms with Crippen LogP contribution < -0.4 is 15.2 Å². The fourth-order valence-electron chi connectivity index (χ4n) is 3.69. The number of anilines is 1. The molecule has 1 aliphatic rings. The molecule has 0 atom stereocenters. The van der Waals surface area contributed by atoms with Crippen molar-refractivity contribution in [2.75, 3.05) is 31.1 Å². The van der Waals surface area contributed by atoms with Crippen molar-refractivity contribution in [3.63, 3.8) is 0 Å². The van der Waals surface area contributed by atoms with Gasteiger partial charge in [0.25, 0.3) is 0 Å². The first-order valence-corrected chi connectivity index (χ1v) is 10.0. The van der Waals surface area contributed by atoms with Gasteiger partial charge < -0.3 is 14.2 Å². The summed E-state index contributed by atoms with van der Waals surface area (Å²) in [5.74, 6) is 0.635. The van der Waals surface area contributed by atoms with Gasteiger partial charge in [-0.1, -0.05) is 6.07 Å². The highest BCUT2D eigenvalue weighted by Crippen LogP contribution is 2.28. The highest BCUT2D eigenvalue weighted by atomic mass is 16.5. The van der Waals surface area contributed by atoms with Crippen molar-refractivity contribution in [3.05, 3.63) is 58.8 Å². The molecular formula is C22H27N5O2. The van der Waals surface area contributed by atoms with Gasteiger partial charge in [0.15, 0.2) is 0 Å². The van der Waals surface area contributed by atoms with Crippen molar-refractivity contribution >= 4 is 16.6 Å². The summed E-state index contributed by atoms with van der Waals surface area (Å²) in [5.41, 5.74) is 3.14. The van der Waals surface area contributed by atoms with E-state index >= 15 is 0 Å². The topological polar surface area (TPSA) is 63.5 Å². The van der Waals surface area contributed by atoms with Crippen molar-refractivity contribution in [1.82, 2.24) is 19.4 Å². The standard InChI is InChI=1S/C22H27N5O2/c1-16(2)29-22-19-13-17(7-8-20(19)23-15-24-22)27-11-9-26(10-12-27)14-18-5-4-6-21(28)25(18)3/h4-8,13,15-16H,9-12,14H2,1-3H3. The third kappa shape index (κ3) is 4.24. The molecule has 1 aliphatic heterocycles. The van der Waals surface area contributed by atoms with Gasteiger partial charge in [-0.15, -0.1) is 0 Å². The highest BCUT2D eigenvalue weighted by Gasteiger charge is 2.19. The third-order valence-corrected chi connectivity index (χ3v) is 5.34. The number of rotatable bonds is 5. The van der Waals surface area contributed by atoms with Crippen LogP contribution in [0.3, 0.4) is 0 Å². The molecule has 29 heavy (non-hydrogen) atoms. The van der Waals surface area contributed by atoms with Crippen LogP contribution in [0.1, 0.15) is 19.5 Å². The first-order valence-electron chi connectivity index (χ1n) is 10.0. The second kappa shape index (κ2) is 8.21. The minimum Gasteiger partial charge on any atom is -0.474 e. The Morgan fingerprint density at radius 1 is 1.07 bits per heavy atom. The summed E-state index contributed by atoms with van der Waals surface area (Å²) >= 11 is 0. The molecule has 0 amide bonds. The van der Waals surface area contributed by atoms with Gasteiger partial charge in [0.05, 0.1) is 17.0 Å². The van der Waals surface area contributed by atoms with Gasteiger partial charge in [-0.2, -0.15) is 0 Å². The van der Waals surface area contributed by atoms with E-state index in [1.165, 1.54) is 0 Å². The second-order valence-electron chi connectivity index (χ2n) is 7.72. The Labute approximate surface area is 170 Å². The number of hydrogen-bond acceptors (Lipinski definition) is 6. The molecule has 7 heteroatoms. The van der Waals surface area contributed by atoms with Crippen LogP contribution in [0.25, 0.3) is 10.9 Å². The largest absolute Gasteiger partial charge is 0.474 e. The van der Waals surface area contributed by atoms with Crippen LogP contribution in [0.5, 0.6) is 5.88 Å². The summed E-state index contributed by atoms with van der Waals surface area (Å²) in [6.07, 6.45) is 1.62. The Morgan fingerprint density at radius 3 is 2.62 bits per heavy atom. The molecule has 0 saturated carbocycles. The van der Waals surface area contributed by atoms with Crippen LogP contribution in [0.15, 0.2) is 47.5 Å². The predicted molar refractivity (Wildman–Crippen MR) is 114 cm³/mol. The van der Waals surface area contributed by atoms with Gasteiger partial charge in [0.2, 0.25) is 11.4 Å². The summed E-state index contributed by atoms with van der Waals surface area (Å²) in [5, 5.41) is 0.945. The van der Waals surface area contributed by atoms with Crippen LogP contribution in [0, 0.1) is 0 Å². The fourth-order valence-corrected chi connectivity index (χ4v) is 3.69. The molecule has 7 nitrogen and oxygen atoms in total. The molecule has 0 unspecified atom stereocenters. The molecule has 0 bridgehead atoms. The van der Waals surface area contributed by atoms with Gasteiger partial charge in [-0.05, 0) is 38.1 Å². The van der Waals surface area contributed by atoms with Crippen molar-refractivity contribution in [2.24, 2.45) is 7.05 Å². The summed E-state index contributed by atoms with van der Waals surface area (Å²) in [6.45, 7) is 8.54. The summed E-state index contributed by atoms with van der Waals surface area (Å²) < 4.78 is 7.60. The SMILES string of the molecule is CC(C)Oc1ncnc2ccc(N3CCN(Cc4cccc(=O)n4C)CC3)cc12. The minimum atomic E-state index is 0.0407. The van der Waals surface area contributed by atoms with E-state index in [0.717, 1.165) is 55.0 Å². The zero-order valence-corrected chi connectivity index (χ0v) is 17.2. The minimum absolute atomic E-state index is 0.0407. The van der Waals surface area contributed by atoms with Crippen LogP contribution in [0.4, 0.5) is 5.69 Å². The average molecular weight is 393 g/mol. The lowest BCUT2D eigenvalue weighted by atomic mass is 10.1. The van der Waals surface area contributed by atoms with Crippen molar-refractivity contribution in [1.29, 1.82) is 0 Å². The lowest BCUT2D eigenvalue weighted by Crippen LogP contribution is -2.46. The molecule has 152 valence electrons. The molecule has 1 aromatic carbocycles. The van der Waals surface area contributed by atoms with Gasteiger partial charge in [-0.3, -0.25) is 9.69 Å². The lowest BCUT2D eigenvalue weighted by Gasteiger charge is -2.36. The van der Waals surface area contributed by atoms with Crippen LogP contribution in [0.2, 0.25) is 0 Å². The van der Waals surface area contributed by atoms with E-state index in [-0.39, 0.29) is 11.7 Å². The van der Waals surface area contributed by atoms with E-state index in [9.17, 15) is 4.79 Å². The van der Waals surface area contributed by atoms with E-state index in [2.05, 4.69) is 31.9 Å². The molecule has 0 N–H and O–H groups in total. The van der Waals surface area contributed by atoms with Gasteiger partial charge >= 0.3 is 0 Å². The average Bonchev–Trinajstić information content (AvgIpc) is 2.72. The maximum atomic E-state index is 11.8. The molecule has 2 aromatic heterocycles. The number of hydrogen-bond donors (Lipinski definition) is 0. The van der Waals surface area contributed by atoms with Gasteiger partial charge in [-0.25, -0.2) is 9.97 Å². The van der Waals surface area contributed by atoms with Crippen LogP contribution >= 0.6 is 0 Å². The second-order valence-corrected chi connectivity index (χ2v) is 7.72. The van der Waals surface area contributed by atoms with Crippen LogP contribution in [-0.4, -0.2) is 51.7 Å². The van der Waals surface area contributed by atoms with Crippen LogP contribution in [-0.2, 0) is 13.6 Å². The molecule has 4 rings (SSSR count). The Hall–Kier alpha value is -2.93. The van der Waals surface area contributed by atoms with Crippen molar-refractivity contribution < 1.29 is 4.74 Å². The maximum Gasteiger partial charge on any atom is 0.250 e. The first kappa shape index (κ1) is 19.4. The lowest BCUT2D eigenvalue weighted by molar-refractivity contribution is 0.235. The Morgan fingerprint density at radius 2 is 1.86 bits per heavy atom. The Bertz CT molecular complexity index is 1050. The number of ether oxygens (including phenoxy) is 1. The van der Waals surface area contributed by atoms with Gasteiger partial charge in [0.1, 0.15) is 6.33 Å². The van der Waals surface area contributed by atoms with Crippen molar-refractivity contribution in [2.45, 2.75) is 26.5 Å². The molecule has 0 radical (unpaired) electrons. The number of fused-ring (bicyclic) bond motifs is 1. The predicted octanol–water partition coefficient (Wildman–Crippen LogP) is 2.44. The highest BCUT2D eigenvalue weighted by molar-refractivity contribution is 5.86. The summed E-state index contributed by atoms with van der Waals surface area (Å²) in [7, 11) is 1.84. The smallest absolute Gasteiger partial charge is 0.250 e. The Kier molecular flexibility index (Phi) is 5.49. The number of aromatic nitrogens is 3. The molecule has 3 heterocycles. The third-order valence-electron chi connectivity index (χ3n) is 5.34. The van der Waals surface area contributed by atoms with E-state index in [4.69, 9.17) is 4.74 Å². The molecule has 1 fully saturated rings. The molecule has 0 spiro atoms. The molecule has 3 aromatic rings. The zero-order valence-electron chi connectivity index (χ0n) is 17.2. The number of pyridine rings is 1. The number of piperazine rings is 1. The number of benzene rings is 1. The Balaban J connectivity index is 1.47. The molecule has 0 aliphatic carbocycles. The number of nitrogens with zero attached hydrogens (tertiary/aromatic N) is 5. The summed E-state index contributed by atoms with van der Waals surface area (Å²) in [6, 6.07) is 11.7.